The molecule has 1 unspecified atom stereocenters. The van der Waals surface area contributed by atoms with Crippen LogP contribution < -0.4 is 5.32 Å². The summed E-state index contributed by atoms with van der Waals surface area (Å²) in [7, 11) is 0. The van der Waals surface area contributed by atoms with Crippen LogP contribution in [0.2, 0.25) is 0 Å². The van der Waals surface area contributed by atoms with Gasteiger partial charge in [-0.2, -0.15) is 0 Å². The van der Waals surface area contributed by atoms with E-state index >= 15 is 0 Å². The molecule has 1 N–H and O–H groups in total. The molecule has 5 nitrogen and oxygen atoms in total. The number of nitrogens with zero attached hydrogens (tertiary/aromatic N) is 2. The van der Waals surface area contributed by atoms with Gasteiger partial charge in [-0.1, -0.05) is 17.7 Å². The maximum absolute atomic E-state index is 12.7. The average Bonchev–Trinajstić information content (AvgIpc) is 2.55. The molecule has 1 aromatic rings. The molecule has 0 saturated carbocycles. The predicted molar refractivity (Wildman–Crippen MR) is 91.9 cm³/mol. The van der Waals surface area contributed by atoms with Gasteiger partial charge in [0.15, 0.2) is 0 Å². The van der Waals surface area contributed by atoms with Crippen molar-refractivity contribution in [2.45, 2.75) is 25.8 Å². The number of piperazine rings is 1. The molecule has 1 atom stereocenters. The molecule has 2 aliphatic heterocycles. The van der Waals surface area contributed by atoms with Gasteiger partial charge in [-0.15, -0.1) is 12.4 Å². The number of likely N-dealkylation sites (tertiary alicyclic amines) is 1. The second-order valence-corrected chi connectivity index (χ2v) is 6.18. The molecular formula is C17H24ClN3O2. The number of amides is 2. The highest BCUT2D eigenvalue weighted by molar-refractivity contribution is 5.94. The first kappa shape index (κ1) is 17.8. The Morgan fingerprint density at radius 3 is 2.87 bits per heavy atom. The maximum atomic E-state index is 12.7. The molecule has 6 heteroatoms. The zero-order valence-electron chi connectivity index (χ0n) is 13.5. The highest BCUT2D eigenvalue weighted by atomic mass is 35.5. The number of piperidine rings is 1. The van der Waals surface area contributed by atoms with Crippen LogP contribution in [0.3, 0.4) is 0 Å². The van der Waals surface area contributed by atoms with Crippen molar-refractivity contribution in [3.05, 3.63) is 35.4 Å². The molecule has 23 heavy (non-hydrogen) atoms. The van der Waals surface area contributed by atoms with Crippen LogP contribution in [-0.2, 0) is 4.79 Å². The van der Waals surface area contributed by atoms with Crippen molar-refractivity contribution in [3.8, 4) is 0 Å². The molecule has 1 aromatic carbocycles. The minimum Gasteiger partial charge on any atom is -0.337 e. The Bertz CT molecular complexity index is 579. The highest BCUT2D eigenvalue weighted by Gasteiger charge is 2.31. The van der Waals surface area contributed by atoms with E-state index in [1.54, 1.807) is 0 Å². The third-order valence-electron chi connectivity index (χ3n) is 4.52. The Morgan fingerprint density at radius 1 is 1.30 bits per heavy atom. The van der Waals surface area contributed by atoms with Gasteiger partial charge < -0.3 is 15.1 Å². The van der Waals surface area contributed by atoms with Crippen molar-refractivity contribution >= 4 is 24.2 Å². The second kappa shape index (κ2) is 7.79. The fourth-order valence-corrected chi connectivity index (χ4v) is 3.36. The number of rotatable bonds is 2. The van der Waals surface area contributed by atoms with Crippen LogP contribution in [0.1, 0.15) is 28.8 Å². The predicted octanol–water partition coefficient (Wildman–Crippen LogP) is 1.45. The van der Waals surface area contributed by atoms with Gasteiger partial charge in [-0.25, -0.2) is 0 Å². The molecule has 0 aliphatic carbocycles. The topological polar surface area (TPSA) is 52.7 Å². The minimum absolute atomic E-state index is 0. The summed E-state index contributed by atoms with van der Waals surface area (Å²) < 4.78 is 0. The Labute approximate surface area is 143 Å². The van der Waals surface area contributed by atoms with E-state index in [9.17, 15) is 9.59 Å². The van der Waals surface area contributed by atoms with E-state index in [1.807, 2.05) is 41.0 Å². The first-order valence-corrected chi connectivity index (χ1v) is 8.01. The van der Waals surface area contributed by atoms with E-state index in [0.717, 1.165) is 43.6 Å². The highest BCUT2D eigenvalue weighted by Crippen LogP contribution is 2.19. The number of benzene rings is 1. The van der Waals surface area contributed by atoms with Gasteiger partial charge in [0, 0.05) is 37.8 Å². The van der Waals surface area contributed by atoms with Crippen LogP contribution in [0.4, 0.5) is 0 Å². The number of carbonyl (C=O) groups excluding carboxylic acids is 2. The standard InChI is InChI=1S/C17H23N3O2.ClH/c1-13-4-2-5-14(10-13)17(22)19-8-3-6-15(12-19)20-9-7-18-11-16(20)21;/h2,4-5,10,15,18H,3,6-9,11-12H2,1H3;1H. The largest absolute Gasteiger partial charge is 0.337 e. The fraction of sp³-hybridized carbons (Fsp3) is 0.529. The molecule has 2 amide bonds. The van der Waals surface area contributed by atoms with Gasteiger partial charge in [0.1, 0.15) is 0 Å². The normalized spacial score (nSPS) is 21.8. The lowest BCUT2D eigenvalue weighted by Gasteiger charge is -2.41. The molecule has 3 rings (SSSR count). The summed E-state index contributed by atoms with van der Waals surface area (Å²) in [5, 5.41) is 3.10. The number of carbonyl (C=O) groups is 2. The van der Waals surface area contributed by atoms with Crippen LogP contribution in [0.5, 0.6) is 0 Å². The Kier molecular flexibility index (Phi) is 6.02. The molecule has 0 radical (unpaired) electrons. The molecule has 0 spiro atoms. The average molecular weight is 338 g/mol. The summed E-state index contributed by atoms with van der Waals surface area (Å²) in [4.78, 5) is 28.6. The number of nitrogens with one attached hydrogen (secondary N) is 1. The van der Waals surface area contributed by atoms with Crippen molar-refractivity contribution in [1.82, 2.24) is 15.1 Å². The third kappa shape index (κ3) is 4.03. The zero-order valence-corrected chi connectivity index (χ0v) is 14.3. The maximum Gasteiger partial charge on any atom is 0.253 e. The summed E-state index contributed by atoms with van der Waals surface area (Å²) in [5.74, 6) is 0.233. The van der Waals surface area contributed by atoms with Gasteiger partial charge in [-0.3, -0.25) is 9.59 Å². The van der Waals surface area contributed by atoms with Crippen molar-refractivity contribution in [2.75, 3.05) is 32.7 Å². The molecule has 2 fully saturated rings. The number of halogens is 1. The lowest BCUT2D eigenvalue weighted by Crippen LogP contribution is -2.57. The fourth-order valence-electron chi connectivity index (χ4n) is 3.36. The van der Waals surface area contributed by atoms with Crippen LogP contribution in [0.15, 0.2) is 24.3 Å². The van der Waals surface area contributed by atoms with Crippen molar-refractivity contribution in [3.63, 3.8) is 0 Å². The first-order chi connectivity index (χ1) is 10.6. The number of hydrogen-bond donors (Lipinski definition) is 1. The van der Waals surface area contributed by atoms with Crippen LogP contribution in [0, 0.1) is 6.92 Å². The minimum atomic E-state index is 0. The van der Waals surface area contributed by atoms with E-state index < -0.39 is 0 Å². The molecule has 2 saturated heterocycles. The Hall–Kier alpha value is -1.59. The smallest absolute Gasteiger partial charge is 0.253 e. The van der Waals surface area contributed by atoms with Crippen LogP contribution >= 0.6 is 12.4 Å². The van der Waals surface area contributed by atoms with E-state index in [4.69, 9.17) is 0 Å². The van der Waals surface area contributed by atoms with Gasteiger partial charge >= 0.3 is 0 Å². The number of aryl methyl sites for hydroxylation is 1. The quantitative estimate of drug-likeness (QED) is 0.888. The van der Waals surface area contributed by atoms with E-state index in [0.29, 0.717) is 13.1 Å². The molecular weight excluding hydrogens is 314 g/mol. The van der Waals surface area contributed by atoms with E-state index in [2.05, 4.69) is 5.32 Å². The van der Waals surface area contributed by atoms with E-state index in [1.165, 1.54) is 0 Å². The SMILES string of the molecule is Cc1cccc(C(=O)N2CCCC(N3CCNCC3=O)C2)c1.Cl. The number of hydrogen-bond acceptors (Lipinski definition) is 3. The van der Waals surface area contributed by atoms with Gasteiger partial charge in [0.2, 0.25) is 5.91 Å². The van der Waals surface area contributed by atoms with Crippen molar-refractivity contribution in [1.29, 1.82) is 0 Å². The molecule has 126 valence electrons. The molecule has 0 aromatic heterocycles. The molecule has 2 aliphatic rings. The van der Waals surface area contributed by atoms with Gasteiger partial charge in [0.25, 0.3) is 5.91 Å². The summed E-state index contributed by atoms with van der Waals surface area (Å²) >= 11 is 0. The van der Waals surface area contributed by atoms with Gasteiger partial charge in [0.05, 0.1) is 6.54 Å². The third-order valence-corrected chi connectivity index (χ3v) is 4.52. The van der Waals surface area contributed by atoms with Crippen LogP contribution in [-0.4, -0.2) is 60.4 Å². The van der Waals surface area contributed by atoms with Crippen molar-refractivity contribution < 1.29 is 9.59 Å². The molecule has 2 heterocycles. The summed E-state index contributed by atoms with van der Waals surface area (Å²) in [6, 6.07) is 7.88. The molecule has 0 bridgehead atoms. The Balaban J connectivity index is 0.00000192. The first-order valence-electron chi connectivity index (χ1n) is 8.01. The summed E-state index contributed by atoms with van der Waals surface area (Å²) in [6.45, 7) is 5.43. The summed E-state index contributed by atoms with van der Waals surface area (Å²) in [6.07, 6.45) is 1.95. The Morgan fingerprint density at radius 2 is 2.13 bits per heavy atom. The van der Waals surface area contributed by atoms with Crippen LogP contribution in [0.25, 0.3) is 0 Å². The zero-order chi connectivity index (χ0) is 15.5. The summed E-state index contributed by atoms with van der Waals surface area (Å²) in [5.41, 5.74) is 1.84. The monoisotopic (exact) mass is 337 g/mol. The van der Waals surface area contributed by atoms with Gasteiger partial charge in [-0.05, 0) is 31.9 Å². The second-order valence-electron chi connectivity index (χ2n) is 6.18. The van der Waals surface area contributed by atoms with E-state index in [-0.39, 0.29) is 30.3 Å². The lowest BCUT2D eigenvalue weighted by molar-refractivity contribution is -0.135. The lowest BCUT2D eigenvalue weighted by atomic mass is 10.0. The van der Waals surface area contributed by atoms with Crippen molar-refractivity contribution in [2.24, 2.45) is 0 Å².